The quantitative estimate of drug-likeness (QED) is 0.0745. The molecule has 6 rings (SSSR count). The number of hydrogen-bond acceptors (Lipinski definition) is 10. The third-order valence-corrected chi connectivity index (χ3v) is 11.4. The number of carbonyl (C=O) groups excluding carboxylic acids is 2. The van der Waals surface area contributed by atoms with E-state index in [0.717, 1.165) is 76.1 Å². The van der Waals surface area contributed by atoms with Crippen molar-refractivity contribution < 1.29 is 38.0 Å². The van der Waals surface area contributed by atoms with Gasteiger partial charge in [0.05, 0.1) is 28.4 Å². The van der Waals surface area contributed by atoms with Gasteiger partial charge in [0, 0.05) is 25.9 Å². The molecule has 0 aromatic heterocycles. The molecule has 0 bridgehead atoms. The first kappa shape index (κ1) is 41.6. The second-order valence-electron chi connectivity index (χ2n) is 15.2. The van der Waals surface area contributed by atoms with Crippen molar-refractivity contribution in [2.24, 2.45) is 11.8 Å². The van der Waals surface area contributed by atoms with E-state index >= 15 is 0 Å². The Morgan fingerprint density at radius 2 is 0.877 bits per heavy atom. The SMILES string of the molecule is COc1ccc(CC(OC(=O)CC(=O)OC(Cc2ccc(OC)c(OC)c2)C2CCN(Cc3ccccc3)CC2)C2CCN(Cc3ccccc3)CC2)cc1OC. The van der Waals surface area contributed by atoms with Gasteiger partial charge < -0.3 is 28.4 Å². The zero-order valence-electron chi connectivity index (χ0n) is 33.9. The van der Waals surface area contributed by atoms with Gasteiger partial charge in [0.2, 0.25) is 0 Å². The monoisotopic (exact) mass is 778 g/mol. The summed E-state index contributed by atoms with van der Waals surface area (Å²) in [7, 11) is 6.44. The zero-order valence-corrected chi connectivity index (χ0v) is 33.9. The second-order valence-corrected chi connectivity index (χ2v) is 15.2. The van der Waals surface area contributed by atoms with Crippen LogP contribution in [0.4, 0.5) is 0 Å². The highest BCUT2D eigenvalue weighted by atomic mass is 16.6. The molecule has 57 heavy (non-hydrogen) atoms. The fraction of sp³-hybridized carbons (Fsp3) is 0.447. The van der Waals surface area contributed by atoms with E-state index in [1.165, 1.54) is 11.1 Å². The molecule has 2 aliphatic heterocycles. The van der Waals surface area contributed by atoms with Crippen LogP contribution >= 0.6 is 0 Å². The molecule has 0 spiro atoms. The van der Waals surface area contributed by atoms with Crippen molar-refractivity contribution >= 4 is 11.9 Å². The van der Waals surface area contributed by atoms with Crippen molar-refractivity contribution in [1.29, 1.82) is 0 Å². The first-order valence-electron chi connectivity index (χ1n) is 20.2. The van der Waals surface area contributed by atoms with E-state index in [1.807, 2.05) is 48.5 Å². The highest BCUT2D eigenvalue weighted by Gasteiger charge is 2.33. The maximum atomic E-state index is 13.7. The summed E-state index contributed by atoms with van der Waals surface area (Å²) >= 11 is 0. The summed E-state index contributed by atoms with van der Waals surface area (Å²) in [6.45, 7) is 5.34. The van der Waals surface area contributed by atoms with Crippen LogP contribution in [0.25, 0.3) is 0 Å². The van der Waals surface area contributed by atoms with Crippen LogP contribution in [0.2, 0.25) is 0 Å². The predicted octanol–water partition coefficient (Wildman–Crippen LogP) is 7.54. The second kappa shape index (κ2) is 20.9. The van der Waals surface area contributed by atoms with Crippen molar-refractivity contribution in [3.8, 4) is 23.0 Å². The molecule has 0 amide bonds. The average Bonchev–Trinajstić information content (AvgIpc) is 3.24. The Morgan fingerprint density at radius 1 is 0.509 bits per heavy atom. The van der Waals surface area contributed by atoms with Crippen LogP contribution in [0, 0.1) is 11.8 Å². The van der Waals surface area contributed by atoms with E-state index in [2.05, 4.69) is 58.3 Å². The molecule has 2 aliphatic rings. The Hall–Kier alpha value is -5.06. The van der Waals surface area contributed by atoms with Crippen molar-refractivity contribution in [2.45, 2.75) is 70.2 Å². The van der Waals surface area contributed by atoms with Gasteiger partial charge in [-0.15, -0.1) is 0 Å². The van der Waals surface area contributed by atoms with Gasteiger partial charge in [-0.05, 0) is 110 Å². The third kappa shape index (κ3) is 12.0. The van der Waals surface area contributed by atoms with E-state index in [4.69, 9.17) is 28.4 Å². The van der Waals surface area contributed by atoms with E-state index < -0.39 is 30.6 Å². The summed E-state index contributed by atoms with van der Waals surface area (Å²) in [6.07, 6.45) is 3.19. The first-order chi connectivity index (χ1) is 27.8. The fourth-order valence-electron chi connectivity index (χ4n) is 8.28. The minimum atomic E-state index is -0.570. The molecule has 10 heteroatoms. The van der Waals surface area contributed by atoms with Gasteiger partial charge in [-0.2, -0.15) is 0 Å². The van der Waals surface area contributed by atoms with Crippen molar-refractivity contribution in [3.05, 3.63) is 119 Å². The number of hydrogen-bond donors (Lipinski definition) is 0. The van der Waals surface area contributed by atoms with E-state index in [1.54, 1.807) is 28.4 Å². The van der Waals surface area contributed by atoms with Gasteiger partial charge in [0.25, 0.3) is 0 Å². The smallest absolute Gasteiger partial charge is 0.317 e. The number of methoxy groups -OCH3 is 4. The standard InChI is InChI=1S/C47H58N2O8/c1-52-40-17-15-36(29-44(40)54-3)27-42(38-19-23-48(24-20-38)32-34-11-7-5-8-12-34)56-46(50)31-47(51)57-43(28-37-16-18-41(53-2)45(30-37)55-4)39-21-25-49(26-22-39)33-35-13-9-6-10-14-35/h5-18,29-30,38-39,42-43H,19-28,31-33H2,1-4H3. The van der Waals surface area contributed by atoms with Crippen LogP contribution in [0.3, 0.4) is 0 Å². The third-order valence-electron chi connectivity index (χ3n) is 11.4. The molecular weight excluding hydrogens is 721 g/mol. The fourth-order valence-corrected chi connectivity index (χ4v) is 8.28. The van der Waals surface area contributed by atoms with Crippen molar-refractivity contribution in [2.75, 3.05) is 54.6 Å². The molecular formula is C47H58N2O8. The highest BCUT2D eigenvalue weighted by molar-refractivity contribution is 5.91. The lowest BCUT2D eigenvalue weighted by Gasteiger charge is -2.36. The Kier molecular flexibility index (Phi) is 15.3. The minimum absolute atomic E-state index is 0.129. The lowest BCUT2D eigenvalue weighted by molar-refractivity contribution is -0.164. The van der Waals surface area contributed by atoms with E-state index in [-0.39, 0.29) is 11.8 Å². The predicted molar refractivity (Wildman–Crippen MR) is 220 cm³/mol. The maximum Gasteiger partial charge on any atom is 0.317 e. The minimum Gasteiger partial charge on any atom is -0.493 e. The molecule has 2 fully saturated rings. The normalized spacial score (nSPS) is 16.6. The van der Waals surface area contributed by atoms with Gasteiger partial charge in [-0.1, -0.05) is 72.8 Å². The number of rotatable bonds is 18. The van der Waals surface area contributed by atoms with Gasteiger partial charge >= 0.3 is 11.9 Å². The van der Waals surface area contributed by atoms with E-state index in [0.29, 0.717) is 35.8 Å². The Morgan fingerprint density at radius 3 is 1.23 bits per heavy atom. The number of likely N-dealkylation sites (tertiary alicyclic amines) is 2. The van der Waals surface area contributed by atoms with Crippen LogP contribution < -0.4 is 18.9 Å². The lowest BCUT2D eigenvalue weighted by Crippen LogP contribution is -2.41. The topological polar surface area (TPSA) is 96.0 Å². The molecule has 10 nitrogen and oxygen atoms in total. The Bertz CT molecular complexity index is 1720. The van der Waals surface area contributed by atoms with Gasteiger partial charge in [-0.25, -0.2) is 0 Å². The van der Waals surface area contributed by atoms with Crippen molar-refractivity contribution in [3.63, 3.8) is 0 Å². The number of esters is 2. The molecule has 2 atom stereocenters. The number of piperidine rings is 2. The first-order valence-corrected chi connectivity index (χ1v) is 20.2. The molecule has 0 N–H and O–H groups in total. The number of nitrogens with zero attached hydrogens (tertiary/aromatic N) is 2. The summed E-state index contributed by atoms with van der Waals surface area (Å²) in [4.78, 5) is 32.3. The summed E-state index contributed by atoms with van der Waals surface area (Å²) in [5.74, 6) is 1.63. The summed E-state index contributed by atoms with van der Waals surface area (Å²) in [5.41, 5.74) is 4.50. The molecule has 2 heterocycles. The maximum absolute atomic E-state index is 13.7. The number of carbonyl (C=O) groups is 2. The Balaban J connectivity index is 1.12. The zero-order chi connectivity index (χ0) is 40.0. The summed E-state index contributed by atoms with van der Waals surface area (Å²) < 4.78 is 34.6. The van der Waals surface area contributed by atoms with Crippen molar-refractivity contribution in [1.82, 2.24) is 9.80 Å². The molecule has 2 unspecified atom stereocenters. The van der Waals surface area contributed by atoms with Crippen LogP contribution in [0.15, 0.2) is 97.1 Å². The van der Waals surface area contributed by atoms with E-state index in [9.17, 15) is 9.59 Å². The lowest BCUT2D eigenvalue weighted by atomic mass is 9.87. The highest BCUT2D eigenvalue weighted by Crippen LogP contribution is 2.33. The van der Waals surface area contributed by atoms with Crippen LogP contribution in [0.1, 0.15) is 54.4 Å². The van der Waals surface area contributed by atoms with Gasteiger partial charge in [0.15, 0.2) is 23.0 Å². The summed E-state index contributed by atoms with van der Waals surface area (Å²) in [6, 6.07) is 32.5. The molecule has 4 aromatic rings. The van der Waals surface area contributed by atoms with Crippen LogP contribution in [0.5, 0.6) is 23.0 Å². The average molecular weight is 779 g/mol. The molecule has 2 saturated heterocycles. The Labute approximate surface area is 338 Å². The van der Waals surface area contributed by atoms with Gasteiger partial charge in [-0.3, -0.25) is 19.4 Å². The summed E-state index contributed by atoms with van der Waals surface area (Å²) in [5, 5.41) is 0. The van der Waals surface area contributed by atoms with Crippen LogP contribution in [-0.4, -0.2) is 88.6 Å². The number of benzene rings is 4. The molecule has 304 valence electrons. The molecule has 0 saturated carbocycles. The molecule has 0 radical (unpaired) electrons. The largest absolute Gasteiger partial charge is 0.493 e. The molecule has 4 aromatic carbocycles. The molecule has 0 aliphatic carbocycles. The van der Waals surface area contributed by atoms with Gasteiger partial charge in [0.1, 0.15) is 18.6 Å². The number of ether oxygens (including phenoxy) is 6. The van der Waals surface area contributed by atoms with Crippen LogP contribution in [-0.2, 0) is 45.0 Å².